The minimum absolute atomic E-state index is 0.549. The molecule has 0 spiro atoms. The van der Waals surface area contributed by atoms with Crippen molar-refractivity contribution in [1.29, 1.82) is 0 Å². The molecule has 2 N–H and O–H groups in total. The molecule has 1 aromatic rings. The summed E-state index contributed by atoms with van der Waals surface area (Å²) < 4.78 is 0. The number of rotatable bonds is 2. The van der Waals surface area contributed by atoms with Crippen molar-refractivity contribution in [1.82, 2.24) is 0 Å². The molecule has 0 aromatic heterocycles. The van der Waals surface area contributed by atoms with E-state index in [0.29, 0.717) is 12.6 Å². The van der Waals surface area contributed by atoms with Crippen LogP contribution in [-0.2, 0) is 6.54 Å². The first-order valence-electron chi connectivity index (χ1n) is 6.37. The molecule has 0 bridgehead atoms. The lowest BCUT2D eigenvalue weighted by Gasteiger charge is -2.40. The Hall–Kier alpha value is -0.730. The third-order valence-corrected chi connectivity index (χ3v) is 4.00. The Morgan fingerprint density at radius 2 is 2.12 bits per heavy atom. The van der Waals surface area contributed by atoms with E-state index < -0.39 is 0 Å². The SMILES string of the molecule is CC1CCC(C)N(c2c(Cl)cccc2CN)C1. The van der Waals surface area contributed by atoms with Crippen molar-refractivity contribution in [3.05, 3.63) is 28.8 Å². The minimum Gasteiger partial charge on any atom is -0.367 e. The summed E-state index contributed by atoms with van der Waals surface area (Å²) in [6, 6.07) is 6.57. The second kappa shape index (κ2) is 5.28. The second-order valence-corrected chi connectivity index (χ2v) is 5.54. The monoisotopic (exact) mass is 252 g/mol. The number of nitrogens with zero attached hydrogens (tertiary/aromatic N) is 1. The van der Waals surface area contributed by atoms with Gasteiger partial charge >= 0.3 is 0 Å². The molecule has 3 heteroatoms. The molecule has 0 amide bonds. The molecule has 1 heterocycles. The molecule has 1 aromatic carbocycles. The van der Waals surface area contributed by atoms with Crippen molar-refractivity contribution in [2.45, 2.75) is 39.3 Å². The molecule has 1 saturated heterocycles. The first kappa shape index (κ1) is 12.7. The molecule has 0 aliphatic carbocycles. The van der Waals surface area contributed by atoms with Crippen molar-refractivity contribution < 1.29 is 0 Å². The van der Waals surface area contributed by atoms with Gasteiger partial charge in [0.1, 0.15) is 0 Å². The van der Waals surface area contributed by atoms with E-state index in [1.165, 1.54) is 12.8 Å². The summed E-state index contributed by atoms with van der Waals surface area (Å²) >= 11 is 6.36. The molecule has 0 saturated carbocycles. The zero-order valence-corrected chi connectivity index (χ0v) is 11.4. The fraction of sp³-hybridized carbons (Fsp3) is 0.571. The van der Waals surface area contributed by atoms with Crippen LogP contribution in [0.15, 0.2) is 18.2 Å². The highest BCUT2D eigenvalue weighted by Crippen LogP contribution is 2.35. The normalized spacial score (nSPS) is 25.1. The quantitative estimate of drug-likeness (QED) is 0.874. The highest BCUT2D eigenvalue weighted by atomic mass is 35.5. The maximum absolute atomic E-state index is 6.36. The van der Waals surface area contributed by atoms with E-state index in [1.807, 2.05) is 12.1 Å². The predicted molar refractivity (Wildman–Crippen MR) is 74.5 cm³/mol. The van der Waals surface area contributed by atoms with Crippen molar-refractivity contribution >= 4 is 17.3 Å². The number of benzene rings is 1. The molecule has 2 unspecified atom stereocenters. The average molecular weight is 253 g/mol. The fourth-order valence-electron chi connectivity index (χ4n) is 2.65. The van der Waals surface area contributed by atoms with Gasteiger partial charge in [-0.1, -0.05) is 30.7 Å². The summed E-state index contributed by atoms with van der Waals surface area (Å²) in [5, 5.41) is 0.828. The van der Waals surface area contributed by atoms with E-state index in [1.54, 1.807) is 0 Å². The molecule has 2 rings (SSSR count). The van der Waals surface area contributed by atoms with Crippen LogP contribution in [0, 0.1) is 5.92 Å². The van der Waals surface area contributed by atoms with E-state index in [-0.39, 0.29) is 0 Å². The maximum Gasteiger partial charge on any atom is 0.0643 e. The fourth-order valence-corrected chi connectivity index (χ4v) is 2.95. The number of para-hydroxylation sites is 1. The Morgan fingerprint density at radius 1 is 1.35 bits per heavy atom. The zero-order chi connectivity index (χ0) is 12.4. The highest BCUT2D eigenvalue weighted by Gasteiger charge is 2.25. The topological polar surface area (TPSA) is 29.3 Å². The number of hydrogen-bond donors (Lipinski definition) is 1. The lowest BCUT2D eigenvalue weighted by Crippen LogP contribution is -2.41. The Balaban J connectivity index is 2.37. The van der Waals surface area contributed by atoms with Gasteiger partial charge in [0, 0.05) is 19.1 Å². The van der Waals surface area contributed by atoms with Gasteiger partial charge in [0.05, 0.1) is 10.7 Å². The van der Waals surface area contributed by atoms with Gasteiger partial charge in [0.2, 0.25) is 0 Å². The first-order chi connectivity index (χ1) is 8.13. The summed E-state index contributed by atoms with van der Waals surface area (Å²) in [5.74, 6) is 0.730. The summed E-state index contributed by atoms with van der Waals surface area (Å²) in [4.78, 5) is 2.43. The number of piperidine rings is 1. The van der Waals surface area contributed by atoms with E-state index in [0.717, 1.165) is 28.7 Å². The largest absolute Gasteiger partial charge is 0.367 e. The number of hydrogen-bond acceptors (Lipinski definition) is 2. The van der Waals surface area contributed by atoms with Gasteiger partial charge in [-0.15, -0.1) is 0 Å². The smallest absolute Gasteiger partial charge is 0.0643 e. The van der Waals surface area contributed by atoms with Gasteiger partial charge in [-0.3, -0.25) is 0 Å². The molecule has 94 valence electrons. The highest BCUT2D eigenvalue weighted by molar-refractivity contribution is 6.33. The van der Waals surface area contributed by atoms with Gasteiger partial charge in [-0.25, -0.2) is 0 Å². The Kier molecular flexibility index (Phi) is 3.95. The third-order valence-electron chi connectivity index (χ3n) is 3.70. The number of nitrogens with two attached hydrogens (primary N) is 1. The average Bonchev–Trinajstić information content (AvgIpc) is 2.32. The molecular weight excluding hydrogens is 232 g/mol. The number of halogens is 1. The van der Waals surface area contributed by atoms with Crippen LogP contribution in [0.4, 0.5) is 5.69 Å². The van der Waals surface area contributed by atoms with Gasteiger partial charge < -0.3 is 10.6 Å². The molecule has 1 aliphatic heterocycles. The van der Waals surface area contributed by atoms with Gasteiger partial charge in [-0.2, -0.15) is 0 Å². The molecule has 2 atom stereocenters. The van der Waals surface area contributed by atoms with Crippen molar-refractivity contribution in [2.75, 3.05) is 11.4 Å². The van der Waals surface area contributed by atoms with Crippen LogP contribution in [0.3, 0.4) is 0 Å². The van der Waals surface area contributed by atoms with E-state index in [9.17, 15) is 0 Å². The molecule has 2 nitrogen and oxygen atoms in total. The van der Waals surface area contributed by atoms with Crippen LogP contribution in [0.5, 0.6) is 0 Å². The van der Waals surface area contributed by atoms with Gasteiger partial charge in [0.25, 0.3) is 0 Å². The third kappa shape index (κ3) is 2.58. The number of anilines is 1. The Morgan fingerprint density at radius 3 is 2.82 bits per heavy atom. The first-order valence-corrected chi connectivity index (χ1v) is 6.75. The molecule has 0 radical (unpaired) electrons. The van der Waals surface area contributed by atoms with E-state index in [2.05, 4.69) is 24.8 Å². The van der Waals surface area contributed by atoms with Gasteiger partial charge in [-0.05, 0) is 37.3 Å². The summed E-state index contributed by atoms with van der Waals surface area (Å²) in [6.45, 7) is 6.21. The lowest BCUT2D eigenvalue weighted by atomic mass is 9.93. The van der Waals surface area contributed by atoms with Crippen LogP contribution in [0.1, 0.15) is 32.3 Å². The summed E-state index contributed by atoms with van der Waals surface area (Å²) in [5.41, 5.74) is 8.12. The van der Waals surface area contributed by atoms with E-state index >= 15 is 0 Å². The molecule has 1 aliphatic rings. The van der Waals surface area contributed by atoms with Crippen molar-refractivity contribution in [3.63, 3.8) is 0 Å². The molecule has 1 fully saturated rings. The minimum atomic E-state index is 0.549. The van der Waals surface area contributed by atoms with Crippen molar-refractivity contribution in [3.8, 4) is 0 Å². The summed E-state index contributed by atoms with van der Waals surface area (Å²) in [7, 11) is 0. The standard InChI is InChI=1S/C14H21ClN2/c1-10-6-7-11(2)17(9-10)14-12(8-16)4-3-5-13(14)15/h3-5,10-11H,6-9,16H2,1-2H3. The van der Waals surface area contributed by atoms with Crippen molar-refractivity contribution in [2.24, 2.45) is 11.7 Å². The zero-order valence-electron chi connectivity index (χ0n) is 10.6. The molecule has 17 heavy (non-hydrogen) atoms. The summed E-state index contributed by atoms with van der Waals surface area (Å²) in [6.07, 6.45) is 2.54. The lowest BCUT2D eigenvalue weighted by molar-refractivity contribution is 0.390. The Labute approximate surface area is 109 Å². The van der Waals surface area contributed by atoms with Crippen LogP contribution in [0.2, 0.25) is 5.02 Å². The van der Waals surface area contributed by atoms with Gasteiger partial charge in [0.15, 0.2) is 0 Å². The maximum atomic E-state index is 6.36. The van der Waals surface area contributed by atoms with Crippen LogP contribution in [0.25, 0.3) is 0 Å². The Bertz CT molecular complexity index is 392. The van der Waals surface area contributed by atoms with E-state index in [4.69, 9.17) is 17.3 Å². The van der Waals surface area contributed by atoms with Crippen LogP contribution >= 0.6 is 11.6 Å². The van der Waals surface area contributed by atoms with Crippen LogP contribution < -0.4 is 10.6 Å². The predicted octanol–water partition coefficient (Wildman–Crippen LogP) is 3.42. The van der Waals surface area contributed by atoms with Crippen LogP contribution in [-0.4, -0.2) is 12.6 Å². The molecular formula is C14H21ClN2. The second-order valence-electron chi connectivity index (χ2n) is 5.14.